The maximum Gasteiger partial charge on any atom is 0.336 e. The lowest BCUT2D eigenvalue weighted by molar-refractivity contribution is -0.162. The molecule has 1 saturated heterocycles. The SMILES string of the molecule is COC(=O)C1CN(C(=O)Cn2nc(C)c(N)c2C)CCO1. The highest BCUT2D eigenvalue weighted by Gasteiger charge is 2.30. The van der Waals surface area contributed by atoms with Crippen LogP contribution in [0.5, 0.6) is 0 Å². The lowest BCUT2D eigenvalue weighted by Gasteiger charge is -2.31. The van der Waals surface area contributed by atoms with Crippen molar-refractivity contribution in [2.24, 2.45) is 0 Å². The Kier molecular flexibility index (Phi) is 4.46. The van der Waals surface area contributed by atoms with Crippen molar-refractivity contribution < 1.29 is 19.1 Å². The van der Waals surface area contributed by atoms with Crippen LogP contribution in [-0.4, -0.2) is 59.5 Å². The number of hydrogen-bond donors (Lipinski definition) is 1. The van der Waals surface area contributed by atoms with Crippen molar-refractivity contribution in [3.8, 4) is 0 Å². The number of nitrogen functional groups attached to an aromatic ring is 1. The second kappa shape index (κ2) is 6.13. The molecule has 0 spiro atoms. The Bertz CT molecular complexity index is 555. The molecule has 8 heteroatoms. The zero-order valence-electron chi connectivity index (χ0n) is 12.5. The molecule has 1 amide bonds. The normalized spacial score (nSPS) is 18.6. The molecular weight excluding hydrogens is 276 g/mol. The molecule has 0 bridgehead atoms. The van der Waals surface area contributed by atoms with Gasteiger partial charge in [-0.3, -0.25) is 9.48 Å². The lowest BCUT2D eigenvalue weighted by Crippen LogP contribution is -2.49. The van der Waals surface area contributed by atoms with E-state index >= 15 is 0 Å². The number of nitrogens with two attached hydrogens (primary N) is 1. The molecule has 1 aliphatic heterocycles. The number of hydrogen-bond acceptors (Lipinski definition) is 6. The van der Waals surface area contributed by atoms with Gasteiger partial charge in [0.15, 0.2) is 6.10 Å². The number of carbonyl (C=O) groups excluding carboxylic acids is 2. The fourth-order valence-electron chi connectivity index (χ4n) is 2.24. The molecule has 1 atom stereocenters. The second-order valence-corrected chi connectivity index (χ2v) is 4.96. The van der Waals surface area contributed by atoms with Gasteiger partial charge in [-0.25, -0.2) is 4.79 Å². The van der Waals surface area contributed by atoms with Gasteiger partial charge in [0.05, 0.1) is 37.3 Å². The first kappa shape index (κ1) is 15.3. The molecule has 0 aliphatic carbocycles. The summed E-state index contributed by atoms with van der Waals surface area (Å²) < 4.78 is 11.5. The minimum Gasteiger partial charge on any atom is -0.467 e. The quantitative estimate of drug-likeness (QED) is 0.754. The number of morpholine rings is 1. The Morgan fingerprint density at radius 3 is 2.76 bits per heavy atom. The monoisotopic (exact) mass is 296 g/mol. The number of aryl methyl sites for hydroxylation is 1. The number of nitrogens with zero attached hydrogens (tertiary/aromatic N) is 3. The van der Waals surface area contributed by atoms with E-state index in [1.54, 1.807) is 16.5 Å². The highest BCUT2D eigenvalue weighted by atomic mass is 16.6. The number of methoxy groups -OCH3 is 1. The third-order valence-electron chi connectivity index (χ3n) is 3.61. The van der Waals surface area contributed by atoms with Gasteiger partial charge >= 0.3 is 5.97 Å². The summed E-state index contributed by atoms with van der Waals surface area (Å²) in [7, 11) is 1.30. The van der Waals surface area contributed by atoms with Crippen LogP contribution in [0.1, 0.15) is 11.4 Å². The van der Waals surface area contributed by atoms with E-state index in [0.29, 0.717) is 24.5 Å². The summed E-state index contributed by atoms with van der Waals surface area (Å²) in [5.74, 6) is -0.597. The molecule has 1 aromatic rings. The Morgan fingerprint density at radius 2 is 2.19 bits per heavy atom. The van der Waals surface area contributed by atoms with Gasteiger partial charge in [-0.2, -0.15) is 5.10 Å². The van der Waals surface area contributed by atoms with E-state index in [1.807, 2.05) is 6.92 Å². The molecule has 0 radical (unpaired) electrons. The molecule has 0 aromatic carbocycles. The van der Waals surface area contributed by atoms with E-state index in [2.05, 4.69) is 9.84 Å². The van der Waals surface area contributed by atoms with E-state index in [1.165, 1.54) is 7.11 Å². The standard InChI is InChI=1S/C13H20N4O4/c1-8-12(14)9(2)17(15-8)7-11(18)16-4-5-21-10(6-16)13(19)20-3/h10H,4-7,14H2,1-3H3. The summed E-state index contributed by atoms with van der Waals surface area (Å²) in [4.78, 5) is 25.4. The highest BCUT2D eigenvalue weighted by Crippen LogP contribution is 2.15. The first-order valence-electron chi connectivity index (χ1n) is 6.70. The van der Waals surface area contributed by atoms with Crippen LogP contribution in [0.4, 0.5) is 5.69 Å². The maximum atomic E-state index is 12.3. The van der Waals surface area contributed by atoms with Crippen LogP contribution in [0.15, 0.2) is 0 Å². The Morgan fingerprint density at radius 1 is 1.48 bits per heavy atom. The van der Waals surface area contributed by atoms with Gasteiger partial charge in [-0.1, -0.05) is 0 Å². The zero-order chi connectivity index (χ0) is 15.6. The third kappa shape index (κ3) is 3.15. The number of esters is 1. The van der Waals surface area contributed by atoms with Gasteiger partial charge in [0.25, 0.3) is 0 Å². The van der Waals surface area contributed by atoms with E-state index in [9.17, 15) is 9.59 Å². The number of carbonyl (C=O) groups is 2. The summed E-state index contributed by atoms with van der Waals surface area (Å²) in [6.45, 7) is 4.66. The van der Waals surface area contributed by atoms with Gasteiger partial charge < -0.3 is 20.1 Å². The third-order valence-corrected chi connectivity index (χ3v) is 3.61. The van der Waals surface area contributed by atoms with Crippen LogP contribution in [-0.2, 0) is 25.6 Å². The van der Waals surface area contributed by atoms with Gasteiger partial charge in [-0.15, -0.1) is 0 Å². The first-order valence-corrected chi connectivity index (χ1v) is 6.70. The molecule has 2 rings (SSSR count). The van der Waals surface area contributed by atoms with Crippen LogP contribution in [0.2, 0.25) is 0 Å². The van der Waals surface area contributed by atoms with Crippen molar-refractivity contribution in [1.82, 2.24) is 14.7 Å². The molecule has 0 saturated carbocycles. The van der Waals surface area contributed by atoms with Crippen molar-refractivity contribution in [3.63, 3.8) is 0 Å². The number of ether oxygens (including phenoxy) is 2. The van der Waals surface area contributed by atoms with Crippen LogP contribution in [0, 0.1) is 13.8 Å². The molecular formula is C13H20N4O4. The minimum atomic E-state index is -0.724. The number of rotatable bonds is 3. The van der Waals surface area contributed by atoms with E-state index in [4.69, 9.17) is 10.5 Å². The topological polar surface area (TPSA) is 99.7 Å². The van der Waals surface area contributed by atoms with Crippen molar-refractivity contribution in [3.05, 3.63) is 11.4 Å². The second-order valence-electron chi connectivity index (χ2n) is 4.96. The molecule has 2 heterocycles. The van der Waals surface area contributed by atoms with Gasteiger partial charge in [-0.05, 0) is 13.8 Å². The summed E-state index contributed by atoms with van der Waals surface area (Å²) in [5.41, 5.74) is 7.91. The molecule has 116 valence electrons. The summed E-state index contributed by atoms with van der Waals surface area (Å²) in [6, 6.07) is 0. The summed E-state index contributed by atoms with van der Waals surface area (Å²) >= 11 is 0. The average molecular weight is 296 g/mol. The number of aromatic nitrogens is 2. The Hall–Kier alpha value is -2.09. The van der Waals surface area contributed by atoms with Crippen molar-refractivity contribution in [1.29, 1.82) is 0 Å². The van der Waals surface area contributed by atoms with Gasteiger partial charge in [0, 0.05) is 6.54 Å². The number of anilines is 1. The van der Waals surface area contributed by atoms with Crippen molar-refractivity contribution in [2.75, 3.05) is 32.5 Å². The fourth-order valence-corrected chi connectivity index (χ4v) is 2.24. The average Bonchev–Trinajstić information content (AvgIpc) is 2.73. The van der Waals surface area contributed by atoms with E-state index in [0.717, 1.165) is 5.69 Å². The Balaban J connectivity index is 2.02. The van der Waals surface area contributed by atoms with Crippen LogP contribution in [0.25, 0.3) is 0 Å². The minimum absolute atomic E-state index is 0.0950. The molecule has 1 fully saturated rings. The predicted molar refractivity (Wildman–Crippen MR) is 74.4 cm³/mol. The molecule has 1 unspecified atom stereocenters. The summed E-state index contributed by atoms with van der Waals surface area (Å²) in [5, 5.41) is 4.24. The largest absolute Gasteiger partial charge is 0.467 e. The van der Waals surface area contributed by atoms with Crippen LogP contribution < -0.4 is 5.73 Å². The highest BCUT2D eigenvalue weighted by molar-refractivity contribution is 5.79. The molecule has 8 nitrogen and oxygen atoms in total. The predicted octanol–water partition coefficient (Wildman–Crippen LogP) is -0.517. The zero-order valence-corrected chi connectivity index (χ0v) is 12.5. The van der Waals surface area contributed by atoms with Gasteiger partial charge in [0.2, 0.25) is 5.91 Å². The van der Waals surface area contributed by atoms with Crippen LogP contribution in [0.3, 0.4) is 0 Å². The van der Waals surface area contributed by atoms with Crippen LogP contribution >= 0.6 is 0 Å². The molecule has 2 N–H and O–H groups in total. The van der Waals surface area contributed by atoms with E-state index < -0.39 is 12.1 Å². The fraction of sp³-hybridized carbons (Fsp3) is 0.615. The van der Waals surface area contributed by atoms with Gasteiger partial charge in [0.1, 0.15) is 6.54 Å². The molecule has 1 aromatic heterocycles. The smallest absolute Gasteiger partial charge is 0.336 e. The number of amides is 1. The van der Waals surface area contributed by atoms with E-state index in [-0.39, 0.29) is 19.0 Å². The molecule has 21 heavy (non-hydrogen) atoms. The summed E-state index contributed by atoms with van der Waals surface area (Å²) in [6.07, 6.45) is -0.724. The molecule has 1 aliphatic rings. The van der Waals surface area contributed by atoms with Crippen molar-refractivity contribution in [2.45, 2.75) is 26.5 Å². The van der Waals surface area contributed by atoms with Crippen molar-refractivity contribution >= 4 is 17.6 Å². The Labute approximate surface area is 122 Å². The first-order chi connectivity index (χ1) is 9.93. The lowest BCUT2D eigenvalue weighted by atomic mass is 10.2. The maximum absolute atomic E-state index is 12.3.